The number of para-hydroxylation sites is 1. The molecule has 0 spiro atoms. The van der Waals surface area contributed by atoms with Gasteiger partial charge in [-0.1, -0.05) is 19.1 Å². The van der Waals surface area contributed by atoms with Gasteiger partial charge in [0.2, 0.25) is 5.95 Å². The van der Waals surface area contributed by atoms with Crippen molar-refractivity contribution in [2.45, 2.75) is 19.5 Å². The van der Waals surface area contributed by atoms with E-state index < -0.39 is 12.7 Å². The van der Waals surface area contributed by atoms with Crippen LogP contribution in [-0.4, -0.2) is 36.3 Å². The van der Waals surface area contributed by atoms with Crippen LogP contribution in [0.25, 0.3) is 10.9 Å². The summed E-state index contributed by atoms with van der Waals surface area (Å²) in [5.41, 5.74) is 0.620. The van der Waals surface area contributed by atoms with Crippen LogP contribution in [0.15, 0.2) is 24.3 Å². The predicted octanol–water partition coefficient (Wildman–Crippen LogP) is 3.45. The maximum absolute atomic E-state index is 12.6. The van der Waals surface area contributed by atoms with E-state index in [-0.39, 0.29) is 5.82 Å². The Labute approximate surface area is 121 Å². The second-order valence-corrected chi connectivity index (χ2v) is 4.79. The SMILES string of the molecule is CCCNc1nc(N(C)CC(F)(F)F)c2ccccc2n1. The van der Waals surface area contributed by atoms with Crippen molar-refractivity contribution in [1.29, 1.82) is 0 Å². The van der Waals surface area contributed by atoms with Crippen LogP contribution in [-0.2, 0) is 0 Å². The highest BCUT2D eigenvalue weighted by molar-refractivity contribution is 5.90. The van der Waals surface area contributed by atoms with E-state index in [0.29, 0.717) is 23.4 Å². The van der Waals surface area contributed by atoms with E-state index in [1.54, 1.807) is 24.3 Å². The van der Waals surface area contributed by atoms with Gasteiger partial charge < -0.3 is 10.2 Å². The minimum atomic E-state index is -4.28. The second-order valence-electron chi connectivity index (χ2n) is 4.79. The smallest absolute Gasteiger partial charge is 0.354 e. The Kier molecular flexibility index (Phi) is 4.50. The number of rotatable bonds is 5. The van der Waals surface area contributed by atoms with Gasteiger partial charge in [-0.15, -0.1) is 0 Å². The molecule has 114 valence electrons. The molecule has 7 heteroatoms. The number of aromatic nitrogens is 2. The number of fused-ring (bicyclic) bond motifs is 1. The number of hydrogen-bond donors (Lipinski definition) is 1. The van der Waals surface area contributed by atoms with Crippen LogP contribution in [0.5, 0.6) is 0 Å². The Balaban J connectivity index is 2.43. The molecule has 0 aliphatic heterocycles. The zero-order valence-electron chi connectivity index (χ0n) is 11.9. The quantitative estimate of drug-likeness (QED) is 0.918. The number of hydrogen-bond acceptors (Lipinski definition) is 4. The molecule has 0 saturated carbocycles. The van der Waals surface area contributed by atoms with E-state index in [1.165, 1.54) is 7.05 Å². The molecule has 4 nitrogen and oxygen atoms in total. The van der Waals surface area contributed by atoms with Gasteiger partial charge in [0.25, 0.3) is 0 Å². The molecule has 21 heavy (non-hydrogen) atoms. The second kappa shape index (κ2) is 6.15. The molecule has 2 aromatic rings. The van der Waals surface area contributed by atoms with Crippen LogP contribution in [0.1, 0.15) is 13.3 Å². The van der Waals surface area contributed by atoms with Crippen LogP contribution < -0.4 is 10.2 Å². The van der Waals surface area contributed by atoms with Crippen molar-refractivity contribution in [2.75, 3.05) is 30.4 Å². The van der Waals surface area contributed by atoms with Gasteiger partial charge in [0.1, 0.15) is 12.4 Å². The summed E-state index contributed by atoms with van der Waals surface area (Å²) in [6.07, 6.45) is -3.40. The van der Waals surface area contributed by atoms with E-state index in [0.717, 1.165) is 11.3 Å². The van der Waals surface area contributed by atoms with Gasteiger partial charge in [0.05, 0.1) is 5.52 Å². The van der Waals surface area contributed by atoms with Gasteiger partial charge in [0, 0.05) is 19.0 Å². The van der Waals surface area contributed by atoms with Crippen molar-refractivity contribution >= 4 is 22.7 Å². The van der Waals surface area contributed by atoms with E-state index in [1.807, 2.05) is 6.92 Å². The molecule has 1 aromatic heterocycles. The summed E-state index contributed by atoms with van der Waals surface area (Å²) in [6.45, 7) is 1.60. The molecule has 0 amide bonds. The summed E-state index contributed by atoms with van der Waals surface area (Å²) < 4.78 is 37.8. The molecule has 1 N–H and O–H groups in total. The minimum Gasteiger partial charge on any atom is -0.354 e. The summed E-state index contributed by atoms with van der Waals surface area (Å²) in [7, 11) is 1.38. The molecule has 1 heterocycles. The Morgan fingerprint density at radius 1 is 1.19 bits per heavy atom. The van der Waals surface area contributed by atoms with Crippen LogP contribution in [0.2, 0.25) is 0 Å². The number of nitrogens with one attached hydrogen (secondary N) is 1. The maximum Gasteiger partial charge on any atom is 0.405 e. The Bertz CT molecular complexity index is 613. The van der Waals surface area contributed by atoms with Crippen molar-refractivity contribution < 1.29 is 13.2 Å². The topological polar surface area (TPSA) is 41.1 Å². The van der Waals surface area contributed by atoms with E-state index >= 15 is 0 Å². The van der Waals surface area contributed by atoms with Crippen LogP contribution >= 0.6 is 0 Å². The Hall–Kier alpha value is -2.05. The highest BCUT2D eigenvalue weighted by Gasteiger charge is 2.30. The van der Waals surface area contributed by atoms with Gasteiger partial charge in [0.15, 0.2) is 0 Å². The van der Waals surface area contributed by atoms with Crippen molar-refractivity contribution in [1.82, 2.24) is 9.97 Å². The first-order chi connectivity index (χ1) is 9.90. The van der Waals surface area contributed by atoms with E-state index in [9.17, 15) is 13.2 Å². The lowest BCUT2D eigenvalue weighted by Crippen LogP contribution is -2.31. The van der Waals surface area contributed by atoms with E-state index in [2.05, 4.69) is 15.3 Å². The zero-order chi connectivity index (χ0) is 15.5. The zero-order valence-corrected chi connectivity index (χ0v) is 11.9. The van der Waals surface area contributed by atoms with Crippen molar-refractivity contribution in [2.24, 2.45) is 0 Å². The molecule has 0 fully saturated rings. The van der Waals surface area contributed by atoms with Gasteiger partial charge >= 0.3 is 6.18 Å². The molecular formula is C14H17F3N4. The lowest BCUT2D eigenvalue weighted by molar-refractivity contribution is -0.119. The minimum absolute atomic E-state index is 0.275. The van der Waals surface area contributed by atoms with Crippen molar-refractivity contribution in [3.8, 4) is 0 Å². The summed E-state index contributed by atoms with van der Waals surface area (Å²) in [6, 6.07) is 7.04. The number of anilines is 2. The summed E-state index contributed by atoms with van der Waals surface area (Å²) in [5.74, 6) is 0.621. The maximum atomic E-state index is 12.6. The fraction of sp³-hybridized carbons (Fsp3) is 0.429. The average molecular weight is 298 g/mol. The number of halogens is 3. The summed E-state index contributed by atoms with van der Waals surface area (Å²) in [5, 5.41) is 3.62. The van der Waals surface area contributed by atoms with Gasteiger partial charge in [-0.2, -0.15) is 18.2 Å². The molecule has 0 aliphatic carbocycles. The lowest BCUT2D eigenvalue weighted by Gasteiger charge is -2.22. The van der Waals surface area contributed by atoms with Gasteiger partial charge in [-0.25, -0.2) is 4.98 Å². The number of benzene rings is 1. The third kappa shape index (κ3) is 3.96. The fourth-order valence-corrected chi connectivity index (χ4v) is 2.01. The molecule has 0 atom stereocenters. The molecule has 0 unspecified atom stereocenters. The van der Waals surface area contributed by atoms with Gasteiger partial charge in [-0.3, -0.25) is 0 Å². The number of alkyl halides is 3. The molecule has 1 aromatic carbocycles. The molecule has 2 rings (SSSR count). The van der Waals surface area contributed by atoms with Crippen LogP contribution in [0.3, 0.4) is 0 Å². The monoisotopic (exact) mass is 298 g/mol. The molecule has 0 bridgehead atoms. The lowest BCUT2D eigenvalue weighted by atomic mass is 10.2. The molecule has 0 radical (unpaired) electrons. The summed E-state index contributed by atoms with van der Waals surface area (Å²) in [4.78, 5) is 9.65. The Morgan fingerprint density at radius 3 is 2.57 bits per heavy atom. The third-order valence-electron chi connectivity index (χ3n) is 2.89. The first-order valence-corrected chi connectivity index (χ1v) is 6.69. The van der Waals surface area contributed by atoms with Crippen molar-refractivity contribution in [3.05, 3.63) is 24.3 Å². The fourth-order valence-electron chi connectivity index (χ4n) is 2.01. The standard InChI is InChI=1S/C14H17F3N4/c1-3-8-18-13-19-11-7-5-4-6-10(11)12(20-13)21(2)9-14(15,16)17/h4-7H,3,8-9H2,1-2H3,(H,18,19,20). The molecular weight excluding hydrogens is 281 g/mol. The normalized spacial score (nSPS) is 11.7. The third-order valence-corrected chi connectivity index (χ3v) is 2.89. The van der Waals surface area contributed by atoms with Crippen LogP contribution in [0.4, 0.5) is 24.9 Å². The van der Waals surface area contributed by atoms with Crippen LogP contribution in [0, 0.1) is 0 Å². The molecule has 0 saturated heterocycles. The highest BCUT2D eigenvalue weighted by Crippen LogP contribution is 2.27. The van der Waals surface area contributed by atoms with Gasteiger partial charge in [-0.05, 0) is 18.6 Å². The Morgan fingerprint density at radius 2 is 1.90 bits per heavy atom. The average Bonchev–Trinajstić information content (AvgIpc) is 2.42. The first kappa shape index (κ1) is 15.3. The predicted molar refractivity (Wildman–Crippen MR) is 77.6 cm³/mol. The number of nitrogens with zero attached hydrogens (tertiary/aromatic N) is 3. The van der Waals surface area contributed by atoms with E-state index in [4.69, 9.17) is 0 Å². The largest absolute Gasteiger partial charge is 0.405 e. The van der Waals surface area contributed by atoms with Crippen molar-refractivity contribution in [3.63, 3.8) is 0 Å². The summed E-state index contributed by atoms with van der Waals surface area (Å²) >= 11 is 0. The molecule has 0 aliphatic rings. The highest BCUT2D eigenvalue weighted by atomic mass is 19.4. The first-order valence-electron chi connectivity index (χ1n) is 6.69.